The standard InChI is InChI=1S/C19H28N2O6/c1-19(2,3)27-18(23)21-11-16(14-6-5-7-15(10-14)24-4)20-17(22)12-25-8-9-26-13-21/h5-7,10,16H,8-9,11-13H2,1-4H3,(H,20,22). The Morgan fingerprint density at radius 2 is 2.00 bits per heavy atom. The molecule has 27 heavy (non-hydrogen) atoms. The highest BCUT2D eigenvalue weighted by molar-refractivity contribution is 5.78. The Morgan fingerprint density at radius 3 is 2.70 bits per heavy atom. The second-order valence-corrected chi connectivity index (χ2v) is 7.19. The van der Waals surface area contributed by atoms with E-state index in [1.807, 2.05) is 24.3 Å². The first-order valence-corrected chi connectivity index (χ1v) is 8.85. The number of nitrogens with one attached hydrogen (secondary N) is 1. The number of ether oxygens (including phenoxy) is 4. The van der Waals surface area contributed by atoms with E-state index >= 15 is 0 Å². The Labute approximate surface area is 159 Å². The first-order valence-electron chi connectivity index (χ1n) is 8.85. The average Bonchev–Trinajstić information content (AvgIpc) is 2.64. The van der Waals surface area contributed by atoms with Gasteiger partial charge < -0.3 is 24.3 Å². The maximum atomic E-state index is 12.6. The van der Waals surface area contributed by atoms with Crippen molar-refractivity contribution in [2.45, 2.75) is 32.4 Å². The van der Waals surface area contributed by atoms with Crippen LogP contribution in [0.5, 0.6) is 5.75 Å². The Kier molecular flexibility index (Phi) is 7.44. The second-order valence-electron chi connectivity index (χ2n) is 7.19. The number of amides is 2. The highest BCUT2D eigenvalue weighted by Crippen LogP contribution is 2.21. The first kappa shape index (κ1) is 21.0. The Bertz CT molecular complexity index is 643. The zero-order chi connectivity index (χ0) is 19.9. The molecule has 0 bridgehead atoms. The number of methoxy groups -OCH3 is 1. The fourth-order valence-electron chi connectivity index (χ4n) is 2.51. The van der Waals surface area contributed by atoms with E-state index in [1.54, 1.807) is 27.9 Å². The molecule has 1 aliphatic rings. The number of carbonyl (C=O) groups excluding carboxylic acids is 2. The second kappa shape index (κ2) is 9.57. The molecule has 1 fully saturated rings. The van der Waals surface area contributed by atoms with Gasteiger partial charge in [-0.05, 0) is 38.5 Å². The molecular formula is C19H28N2O6. The van der Waals surface area contributed by atoms with Gasteiger partial charge in [-0.25, -0.2) is 4.79 Å². The van der Waals surface area contributed by atoms with Crippen molar-refractivity contribution in [3.8, 4) is 5.75 Å². The number of nitrogens with zero attached hydrogens (tertiary/aromatic N) is 1. The number of rotatable bonds is 2. The molecule has 2 rings (SSSR count). The van der Waals surface area contributed by atoms with E-state index in [1.165, 1.54) is 4.90 Å². The van der Waals surface area contributed by atoms with Crippen LogP contribution in [-0.2, 0) is 19.0 Å². The monoisotopic (exact) mass is 380 g/mol. The lowest BCUT2D eigenvalue weighted by Gasteiger charge is -2.30. The van der Waals surface area contributed by atoms with Gasteiger partial charge in [-0.3, -0.25) is 9.69 Å². The van der Waals surface area contributed by atoms with Gasteiger partial charge in [-0.2, -0.15) is 0 Å². The van der Waals surface area contributed by atoms with Crippen molar-refractivity contribution < 1.29 is 28.5 Å². The zero-order valence-electron chi connectivity index (χ0n) is 16.3. The van der Waals surface area contributed by atoms with E-state index in [0.717, 1.165) is 5.56 Å². The van der Waals surface area contributed by atoms with E-state index in [9.17, 15) is 9.59 Å². The summed E-state index contributed by atoms with van der Waals surface area (Å²) in [5, 5.41) is 2.91. The molecule has 1 atom stereocenters. The SMILES string of the molecule is COc1cccc(C2CN(C(=O)OC(C)(C)C)COCCOCC(=O)N2)c1. The van der Waals surface area contributed by atoms with E-state index < -0.39 is 17.7 Å². The van der Waals surface area contributed by atoms with Gasteiger partial charge in [0.1, 0.15) is 24.7 Å². The Hall–Kier alpha value is -2.32. The molecule has 2 amide bonds. The van der Waals surface area contributed by atoms with Gasteiger partial charge in [-0.15, -0.1) is 0 Å². The summed E-state index contributed by atoms with van der Waals surface area (Å²) >= 11 is 0. The Morgan fingerprint density at radius 1 is 1.26 bits per heavy atom. The molecule has 8 heteroatoms. The highest BCUT2D eigenvalue weighted by Gasteiger charge is 2.27. The van der Waals surface area contributed by atoms with Crippen LogP contribution >= 0.6 is 0 Å². The molecule has 8 nitrogen and oxygen atoms in total. The predicted octanol–water partition coefficient (Wildman–Crippen LogP) is 2.09. The van der Waals surface area contributed by atoms with E-state index in [2.05, 4.69) is 5.32 Å². The third kappa shape index (κ3) is 7.07. The van der Waals surface area contributed by atoms with Crippen LogP contribution in [0.25, 0.3) is 0 Å². The molecule has 1 aromatic rings. The minimum Gasteiger partial charge on any atom is -0.497 e. The van der Waals surface area contributed by atoms with Gasteiger partial charge in [0.15, 0.2) is 0 Å². The first-order chi connectivity index (χ1) is 12.8. The van der Waals surface area contributed by atoms with Crippen LogP contribution in [0.2, 0.25) is 0 Å². The third-order valence-electron chi connectivity index (χ3n) is 3.74. The van der Waals surface area contributed by atoms with E-state index in [4.69, 9.17) is 18.9 Å². The molecule has 1 N–H and O–H groups in total. The van der Waals surface area contributed by atoms with Gasteiger partial charge in [0.05, 0.1) is 32.9 Å². The highest BCUT2D eigenvalue weighted by atomic mass is 16.6. The van der Waals surface area contributed by atoms with Gasteiger partial charge in [0.2, 0.25) is 5.91 Å². The molecule has 150 valence electrons. The van der Waals surface area contributed by atoms with Crippen LogP contribution in [0, 0.1) is 0 Å². The quantitative estimate of drug-likeness (QED) is 0.846. The summed E-state index contributed by atoms with van der Waals surface area (Å²) in [7, 11) is 1.57. The van der Waals surface area contributed by atoms with Crippen molar-refractivity contribution in [2.24, 2.45) is 0 Å². The fourth-order valence-corrected chi connectivity index (χ4v) is 2.51. The summed E-state index contributed by atoms with van der Waals surface area (Å²) in [5.74, 6) is 0.390. The summed E-state index contributed by atoms with van der Waals surface area (Å²) in [4.78, 5) is 26.2. The molecule has 1 heterocycles. The van der Waals surface area contributed by atoms with Crippen molar-refractivity contribution in [1.29, 1.82) is 0 Å². The molecule has 0 saturated carbocycles. The molecule has 1 aliphatic heterocycles. The number of carbonyl (C=O) groups is 2. The minimum absolute atomic E-state index is 0.0363. The Balaban J connectivity index is 2.26. The zero-order valence-corrected chi connectivity index (χ0v) is 16.3. The molecule has 0 aliphatic carbocycles. The third-order valence-corrected chi connectivity index (χ3v) is 3.74. The smallest absolute Gasteiger partial charge is 0.412 e. The fraction of sp³-hybridized carbons (Fsp3) is 0.579. The van der Waals surface area contributed by atoms with Crippen molar-refractivity contribution in [2.75, 3.05) is 40.2 Å². The van der Waals surface area contributed by atoms with Crippen LogP contribution in [-0.4, -0.2) is 62.7 Å². The molecule has 1 aromatic carbocycles. The van der Waals surface area contributed by atoms with Crippen LogP contribution < -0.4 is 10.1 Å². The molecule has 1 unspecified atom stereocenters. The van der Waals surface area contributed by atoms with Crippen molar-refractivity contribution >= 4 is 12.0 Å². The molecule has 0 aromatic heterocycles. The maximum Gasteiger partial charge on any atom is 0.412 e. The molecule has 0 radical (unpaired) electrons. The lowest BCUT2D eigenvalue weighted by molar-refractivity contribution is -0.126. The van der Waals surface area contributed by atoms with Gasteiger partial charge in [0.25, 0.3) is 0 Å². The number of hydrogen-bond donors (Lipinski definition) is 1. The summed E-state index contributed by atoms with van der Waals surface area (Å²) < 4.78 is 21.5. The summed E-state index contributed by atoms with van der Waals surface area (Å²) in [6.07, 6.45) is -0.509. The minimum atomic E-state index is -0.638. The maximum absolute atomic E-state index is 12.6. The normalized spacial score (nSPS) is 19.6. The van der Waals surface area contributed by atoms with Crippen molar-refractivity contribution in [3.05, 3.63) is 29.8 Å². The van der Waals surface area contributed by atoms with Crippen molar-refractivity contribution in [3.63, 3.8) is 0 Å². The van der Waals surface area contributed by atoms with Crippen LogP contribution in [0.4, 0.5) is 4.79 Å². The number of hydrogen-bond acceptors (Lipinski definition) is 6. The van der Waals surface area contributed by atoms with Crippen LogP contribution in [0.15, 0.2) is 24.3 Å². The summed E-state index contributed by atoms with van der Waals surface area (Å²) in [6.45, 7) is 6.09. The van der Waals surface area contributed by atoms with E-state index in [0.29, 0.717) is 5.75 Å². The van der Waals surface area contributed by atoms with E-state index in [-0.39, 0.29) is 39.0 Å². The van der Waals surface area contributed by atoms with Crippen LogP contribution in [0.1, 0.15) is 32.4 Å². The molecule has 0 spiro atoms. The van der Waals surface area contributed by atoms with Gasteiger partial charge in [-0.1, -0.05) is 12.1 Å². The largest absolute Gasteiger partial charge is 0.497 e. The molecular weight excluding hydrogens is 352 g/mol. The average molecular weight is 380 g/mol. The summed E-state index contributed by atoms with van der Waals surface area (Å²) in [6, 6.07) is 6.86. The van der Waals surface area contributed by atoms with Gasteiger partial charge >= 0.3 is 6.09 Å². The summed E-state index contributed by atoms with van der Waals surface area (Å²) in [5.41, 5.74) is 0.164. The van der Waals surface area contributed by atoms with Crippen LogP contribution in [0.3, 0.4) is 0 Å². The lowest BCUT2D eigenvalue weighted by Crippen LogP contribution is -2.44. The molecule has 1 saturated heterocycles. The van der Waals surface area contributed by atoms with Crippen molar-refractivity contribution in [1.82, 2.24) is 10.2 Å². The van der Waals surface area contributed by atoms with Gasteiger partial charge in [0, 0.05) is 0 Å². The number of benzene rings is 1. The lowest BCUT2D eigenvalue weighted by atomic mass is 10.1. The predicted molar refractivity (Wildman–Crippen MR) is 98.5 cm³/mol. The topological polar surface area (TPSA) is 86.3 Å².